The van der Waals surface area contributed by atoms with Gasteiger partial charge >= 0.3 is 6.03 Å². The molecular weight excluding hydrogens is 300 g/mol. The van der Waals surface area contributed by atoms with Crippen molar-refractivity contribution < 1.29 is 9.90 Å². The van der Waals surface area contributed by atoms with Gasteiger partial charge in [0.05, 0.1) is 12.1 Å². The Morgan fingerprint density at radius 2 is 1.95 bits per heavy atom. The Labute approximate surface area is 137 Å². The Balaban J connectivity index is 2.11. The van der Waals surface area contributed by atoms with Gasteiger partial charge in [0.25, 0.3) is 0 Å². The summed E-state index contributed by atoms with van der Waals surface area (Å²) in [5, 5.41) is 13.3. The summed E-state index contributed by atoms with van der Waals surface area (Å²) in [6, 6.07) is 7.56. The van der Waals surface area contributed by atoms with Gasteiger partial charge < -0.3 is 15.3 Å². The van der Waals surface area contributed by atoms with Gasteiger partial charge in [-0.25, -0.2) is 4.79 Å². The van der Waals surface area contributed by atoms with Crippen molar-refractivity contribution in [2.45, 2.75) is 44.8 Å². The molecule has 1 saturated carbocycles. The zero-order valence-electron chi connectivity index (χ0n) is 13.3. The standard InChI is InChI=1S/C17H25ClN2O2/c1-12(21)11-20(2)17(22)19-16(13-5-3-4-6-13)14-7-9-15(18)10-8-14/h7-10,12-13,16,21H,3-6,11H2,1-2H3,(H,19,22). The maximum atomic E-state index is 12.4. The number of benzene rings is 1. The molecule has 2 unspecified atom stereocenters. The van der Waals surface area contributed by atoms with Crippen LogP contribution in [0.5, 0.6) is 0 Å². The maximum absolute atomic E-state index is 12.4. The highest BCUT2D eigenvalue weighted by molar-refractivity contribution is 6.30. The third-order valence-corrected chi connectivity index (χ3v) is 4.52. The molecule has 2 rings (SSSR count). The minimum atomic E-state index is -0.531. The van der Waals surface area contributed by atoms with Crippen LogP contribution in [-0.4, -0.2) is 35.7 Å². The van der Waals surface area contributed by atoms with Gasteiger partial charge in [0.1, 0.15) is 0 Å². The molecule has 0 bridgehead atoms. The number of halogens is 1. The molecule has 5 heteroatoms. The van der Waals surface area contributed by atoms with Gasteiger partial charge in [0, 0.05) is 18.6 Å². The minimum Gasteiger partial charge on any atom is -0.392 e. The topological polar surface area (TPSA) is 52.6 Å². The Hall–Kier alpha value is -1.26. The largest absolute Gasteiger partial charge is 0.392 e. The summed E-state index contributed by atoms with van der Waals surface area (Å²) in [6.45, 7) is 2.00. The van der Waals surface area contributed by atoms with Crippen LogP contribution in [0.2, 0.25) is 5.02 Å². The first-order valence-electron chi connectivity index (χ1n) is 7.92. The van der Waals surface area contributed by atoms with Crippen LogP contribution < -0.4 is 5.32 Å². The Morgan fingerprint density at radius 1 is 1.36 bits per heavy atom. The van der Waals surface area contributed by atoms with E-state index < -0.39 is 6.10 Å². The molecule has 22 heavy (non-hydrogen) atoms. The maximum Gasteiger partial charge on any atom is 0.317 e. The summed E-state index contributed by atoms with van der Waals surface area (Å²) >= 11 is 5.97. The highest BCUT2D eigenvalue weighted by atomic mass is 35.5. The van der Waals surface area contributed by atoms with Gasteiger partial charge in [0.2, 0.25) is 0 Å². The lowest BCUT2D eigenvalue weighted by atomic mass is 9.92. The monoisotopic (exact) mass is 324 g/mol. The van der Waals surface area contributed by atoms with Crippen LogP contribution in [0, 0.1) is 5.92 Å². The van der Waals surface area contributed by atoms with Crippen LogP contribution in [0.4, 0.5) is 4.79 Å². The van der Waals surface area contributed by atoms with E-state index >= 15 is 0 Å². The lowest BCUT2D eigenvalue weighted by Gasteiger charge is -2.28. The van der Waals surface area contributed by atoms with Crippen LogP contribution in [-0.2, 0) is 0 Å². The number of amides is 2. The van der Waals surface area contributed by atoms with Gasteiger partial charge in [0.15, 0.2) is 0 Å². The number of rotatable bonds is 5. The molecule has 122 valence electrons. The number of hydrogen-bond acceptors (Lipinski definition) is 2. The van der Waals surface area contributed by atoms with Crippen molar-refractivity contribution in [2.75, 3.05) is 13.6 Å². The smallest absolute Gasteiger partial charge is 0.317 e. The molecule has 4 nitrogen and oxygen atoms in total. The summed E-state index contributed by atoms with van der Waals surface area (Å²) in [7, 11) is 1.70. The molecule has 0 aliphatic heterocycles. The Kier molecular flexibility index (Phi) is 6.09. The first-order chi connectivity index (χ1) is 10.5. The zero-order valence-corrected chi connectivity index (χ0v) is 14.0. The van der Waals surface area contributed by atoms with E-state index in [2.05, 4.69) is 5.32 Å². The van der Waals surface area contributed by atoms with Crippen molar-refractivity contribution in [1.82, 2.24) is 10.2 Å². The van der Waals surface area contributed by atoms with E-state index in [-0.39, 0.29) is 12.1 Å². The SMILES string of the molecule is CC(O)CN(C)C(=O)NC(c1ccc(Cl)cc1)C1CCCC1. The van der Waals surface area contributed by atoms with E-state index in [4.69, 9.17) is 11.6 Å². The molecule has 0 radical (unpaired) electrons. The lowest BCUT2D eigenvalue weighted by molar-refractivity contribution is 0.140. The third-order valence-electron chi connectivity index (χ3n) is 4.26. The lowest BCUT2D eigenvalue weighted by Crippen LogP contribution is -2.43. The van der Waals surface area contributed by atoms with Gasteiger partial charge in [-0.1, -0.05) is 36.6 Å². The molecule has 1 aliphatic rings. The van der Waals surface area contributed by atoms with E-state index in [0.717, 1.165) is 18.4 Å². The van der Waals surface area contributed by atoms with Crippen LogP contribution in [0.3, 0.4) is 0 Å². The molecule has 1 fully saturated rings. The number of aliphatic hydroxyl groups excluding tert-OH is 1. The highest BCUT2D eigenvalue weighted by Gasteiger charge is 2.28. The van der Waals surface area contributed by atoms with Crippen molar-refractivity contribution in [3.8, 4) is 0 Å². The molecule has 0 aromatic heterocycles. The second kappa shape index (κ2) is 7.84. The second-order valence-electron chi connectivity index (χ2n) is 6.25. The first-order valence-corrected chi connectivity index (χ1v) is 8.30. The summed E-state index contributed by atoms with van der Waals surface area (Å²) in [5.74, 6) is 0.463. The van der Waals surface area contributed by atoms with Gasteiger partial charge in [-0.15, -0.1) is 0 Å². The highest BCUT2D eigenvalue weighted by Crippen LogP contribution is 2.36. The van der Waals surface area contributed by atoms with Crippen molar-refractivity contribution >= 4 is 17.6 Å². The van der Waals surface area contributed by atoms with Gasteiger partial charge in [-0.3, -0.25) is 0 Å². The first kappa shape index (κ1) is 17.1. The van der Waals surface area contributed by atoms with Crippen LogP contribution in [0.25, 0.3) is 0 Å². The molecule has 2 amide bonds. The van der Waals surface area contributed by atoms with Gasteiger partial charge in [-0.05, 0) is 43.4 Å². The normalized spacial score (nSPS) is 18.0. The third kappa shape index (κ3) is 4.62. The molecule has 2 N–H and O–H groups in total. The van der Waals surface area contributed by atoms with Crippen LogP contribution in [0.1, 0.15) is 44.2 Å². The molecule has 0 saturated heterocycles. The molecule has 0 spiro atoms. The number of carbonyl (C=O) groups is 1. The quantitative estimate of drug-likeness (QED) is 0.869. The molecular formula is C17H25ClN2O2. The van der Waals surface area contributed by atoms with Crippen molar-refractivity contribution in [3.63, 3.8) is 0 Å². The fourth-order valence-corrected chi connectivity index (χ4v) is 3.28. The number of aliphatic hydroxyl groups is 1. The van der Waals surface area contributed by atoms with E-state index in [1.54, 1.807) is 14.0 Å². The number of carbonyl (C=O) groups excluding carboxylic acids is 1. The number of likely N-dealkylation sites (N-methyl/N-ethyl adjacent to an activating group) is 1. The summed E-state index contributed by atoms with van der Waals surface area (Å²) < 4.78 is 0. The number of urea groups is 1. The Morgan fingerprint density at radius 3 is 2.50 bits per heavy atom. The number of hydrogen-bond donors (Lipinski definition) is 2. The van der Waals surface area contributed by atoms with Crippen molar-refractivity contribution in [1.29, 1.82) is 0 Å². The molecule has 1 aromatic carbocycles. The predicted octanol–water partition coefficient (Wildman–Crippen LogP) is 3.59. The summed E-state index contributed by atoms with van der Waals surface area (Å²) in [5.41, 5.74) is 1.09. The van der Waals surface area contributed by atoms with E-state index in [1.807, 2.05) is 24.3 Å². The van der Waals surface area contributed by atoms with E-state index in [1.165, 1.54) is 17.7 Å². The second-order valence-corrected chi connectivity index (χ2v) is 6.69. The zero-order chi connectivity index (χ0) is 16.1. The van der Waals surface area contributed by atoms with Gasteiger partial charge in [-0.2, -0.15) is 0 Å². The predicted molar refractivity (Wildman–Crippen MR) is 89.0 cm³/mol. The minimum absolute atomic E-state index is 0.00344. The Bertz CT molecular complexity index is 484. The average Bonchev–Trinajstić information content (AvgIpc) is 2.98. The molecule has 1 aliphatic carbocycles. The molecule has 0 heterocycles. The number of nitrogens with zero attached hydrogens (tertiary/aromatic N) is 1. The van der Waals surface area contributed by atoms with Crippen molar-refractivity contribution in [3.05, 3.63) is 34.9 Å². The molecule has 1 aromatic rings. The fourth-order valence-electron chi connectivity index (χ4n) is 3.16. The van der Waals surface area contributed by atoms with E-state index in [0.29, 0.717) is 17.5 Å². The molecule has 2 atom stereocenters. The number of nitrogens with one attached hydrogen (secondary N) is 1. The van der Waals surface area contributed by atoms with E-state index in [9.17, 15) is 9.90 Å². The van der Waals surface area contributed by atoms with Crippen LogP contribution >= 0.6 is 11.6 Å². The van der Waals surface area contributed by atoms with Crippen LogP contribution in [0.15, 0.2) is 24.3 Å². The fraction of sp³-hybridized carbons (Fsp3) is 0.588. The van der Waals surface area contributed by atoms with Crippen molar-refractivity contribution in [2.24, 2.45) is 5.92 Å². The summed E-state index contributed by atoms with van der Waals surface area (Å²) in [6.07, 6.45) is 4.17. The summed E-state index contributed by atoms with van der Waals surface area (Å²) in [4.78, 5) is 13.9. The average molecular weight is 325 g/mol.